The van der Waals surface area contributed by atoms with Gasteiger partial charge < -0.3 is 14.7 Å². The Labute approximate surface area is 118 Å². The quantitative estimate of drug-likeness (QED) is 0.910. The van der Waals surface area contributed by atoms with E-state index in [4.69, 9.17) is 4.74 Å². The smallest absolute Gasteiger partial charge is 0.125 e. The average molecular weight is 275 g/mol. The number of hydrogen-bond acceptors (Lipinski definition) is 3. The minimum Gasteiger partial charge on any atom is -0.497 e. The Morgan fingerprint density at radius 2 is 1.90 bits per heavy atom. The van der Waals surface area contributed by atoms with Crippen LogP contribution in [0.15, 0.2) is 48.5 Å². The molecule has 4 heteroatoms. The van der Waals surface area contributed by atoms with Crippen molar-refractivity contribution in [1.82, 2.24) is 0 Å². The molecule has 3 nitrogen and oxygen atoms in total. The maximum Gasteiger partial charge on any atom is 0.125 e. The molecule has 0 aromatic heterocycles. The summed E-state index contributed by atoms with van der Waals surface area (Å²) < 4.78 is 18.2. The molecule has 0 heterocycles. The van der Waals surface area contributed by atoms with Crippen LogP contribution in [0.3, 0.4) is 0 Å². The molecule has 0 bridgehead atoms. The van der Waals surface area contributed by atoms with E-state index < -0.39 is 6.10 Å². The summed E-state index contributed by atoms with van der Waals surface area (Å²) >= 11 is 0. The van der Waals surface area contributed by atoms with Gasteiger partial charge in [0.15, 0.2) is 0 Å². The van der Waals surface area contributed by atoms with Crippen LogP contribution in [-0.4, -0.2) is 25.8 Å². The number of likely N-dealkylation sites (N-methyl/N-ethyl adjacent to an activating group) is 1. The molecule has 0 fully saturated rings. The molecule has 0 amide bonds. The highest BCUT2D eigenvalue weighted by Crippen LogP contribution is 2.21. The SMILES string of the molecule is COc1ccc(C(O)CN(C)c2cccc(F)c2)cc1. The molecule has 0 saturated heterocycles. The van der Waals surface area contributed by atoms with Crippen LogP contribution in [0.5, 0.6) is 5.75 Å². The normalized spacial score (nSPS) is 12.0. The fourth-order valence-electron chi connectivity index (χ4n) is 2.01. The summed E-state index contributed by atoms with van der Waals surface area (Å²) in [6.45, 7) is 0.385. The number of rotatable bonds is 5. The second-order valence-corrected chi connectivity index (χ2v) is 4.65. The molecule has 2 rings (SSSR count). The van der Waals surface area contributed by atoms with Crippen LogP contribution in [0.4, 0.5) is 10.1 Å². The van der Waals surface area contributed by atoms with Crippen LogP contribution in [0.2, 0.25) is 0 Å². The molecule has 0 radical (unpaired) electrons. The van der Waals surface area contributed by atoms with E-state index >= 15 is 0 Å². The predicted octanol–water partition coefficient (Wildman–Crippen LogP) is 3.00. The van der Waals surface area contributed by atoms with Gasteiger partial charge in [-0.25, -0.2) is 4.39 Å². The minimum absolute atomic E-state index is 0.284. The molecule has 0 aliphatic heterocycles. The van der Waals surface area contributed by atoms with Crippen molar-refractivity contribution >= 4 is 5.69 Å². The van der Waals surface area contributed by atoms with Gasteiger partial charge in [0.25, 0.3) is 0 Å². The van der Waals surface area contributed by atoms with Gasteiger partial charge >= 0.3 is 0 Å². The Balaban J connectivity index is 2.04. The van der Waals surface area contributed by atoms with E-state index in [9.17, 15) is 9.50 Å². The topological polar surface area (TPSA) is 32.7 Å². The van der Waals surface area contributed by atoms with E-state index in [2.05, 4.69) is 0 Å². The van der Waals surface area contributed by atoms with E-state index in [1.54, 1.807) is 25.3 Å². The third kappa shape index (κ3) is 3.48. The van der Waals surface area contributed by atoms with Crippen LogP contribution in [0.1, 0.15) is 11.7 Å². The van der Waals surface area contributed by atoms with Crippen molar-refractivity contribution in [1.29, 1.82) is 0 Å². The standard InChI is InChI=1S/C16H18FNO2/c1-18(14-5-3-4-13(17)10-14)11-16(19)12-6-8-15(20-2)9-7-12/h3-10,16,19H,11H2,1-2H3. The van der Waals surface area contributed by atoms with Gasteiger partial charge in [-0.05, 0) is 35.9 Å². The largest absolute Gasteiger partial charge is 0.497 e. The van der Waals surface area contributed by atoms with Crippen molar-refractivity contribution in [3.8, 4) is 5.75 Å². The lowest BCUT2D eigenvalue weighted by molar-refractivity contribution is 0.185. The number of methoxy groups -OCH3 is 1. The number of hydrogen-bond donors (Lipinski definition) is 1. The lowest BCUT2D eigenvalue weighted by Gasteiger charge is -2.23. The number of nitrogens with zero attached hydrogens (tertiary/aromatic N) is 1. The third-order valence-corrected chi connectivity index (χ3v) is 3.20. The first-order valence-corrected chi connectivity index (χ1v) is 6.39. The maximum absolute atomic E-state index is 13.2. The van der Waals surface area contributed by atoms with Crippen molar-refractivity contribution in [2.75, 3.05) is 25.6 Å². The van der Waals surface area contributed by atoms with Gasteiger partial charge in [0.05, 0.1) is 13.2 Å². The monoisotopic (exact) mass is 275 g/mol. The summed E-state index contributed by atoms with van der Waals surface area (Å²) in [7, 11) is 3.42. The highest BCUT2D eigenvalue weighted by Gasteiger charge is 2.11. The van der Waals surface area contributed by atoms with Crippen LogP contribution >= 0.6 is 0 Å². The number of ether oxygens (including phenoxy) is 1. The van der Waals surface area contributed by atoms with Gasteiger partial charge in [-0.2, -0.15) is 0 Å². The Morgan fingerprint density at radius 1 is 1.20 bits per heavy atom. The fraction of sp³-hybridized carbons (Fsp3) is 0.250. The zero-order valence-corrected chi connectivity index (χ0v) is 11.6. The first-order valence-electron chi connectivity index (χ1n) is 6.39. The van der Waals surface area contributed by atoms with Gasteiger partial charge in [0.1, 0.15) is 11.6 Å². The summed E-state index contributed by atoms with van der Waals surface area (Å²) in [6.07, 6.45) is -0.644. The van der Waals surface area contributed by atoms with E-state index in [0.29, 0.717) is 6.54 Å². The minimum atomic E-state index is -0.644. The predicted molar refractivity (Wildman–Crippen MR) is 77.6 cm³/mol. The summed E-state index contributed by atoms with van der Waals surface area (Å²) in [5.41, 5.74) is 1.53. The molecule has 0 saturated carbocycles. The summed E-state index contributed by atoms with van der Waals surface area (Å²) in [5, 5.41) is 10.2. The molecule has 1 N–H and O–H groups in total. The van der Waals surface area contributed by atoms with Crippen LogP contribution in [-0.2, 0) is 0 Å². The number of aliphatic hydroxyl groups excluding tert-OH is 1. The average Bonchev–Trinajstić information content (AvgIpc) is 2.47. The molecular weight excluding hydrogens is 257 g/mol. The van der Waals surface area contributed by atoms with E-state index in [1.807, 2.05) is 30.1 Å². The Kier molecular flexibility index (Phi) is 4.58. The first-order chi connectivity index (χ1) is 9.60. The molecule has 106 valence electrons. The lowest BCUT2D eigenvalue weighted by atomic mass is 10.1. The molecule has 0 aliphatic carbocycles. The fourth-order valence-corrected chi connectivity index (χ4v) is 2.01. The highest BCUT2D eigenvalue weighted by atomic mass is 19.1. The number of aliphatic hydroxyl groups is 1. The van der Waals surface area contributed by atoms with Gasteiger partial charge in [-0.1, -0.05) is 18.2 Å². The van der Waals surface area contributed by atoms with Gasteiger partial charge in [-0.3, -0.25) is 0 Å². The van der Waals surface area contributed by atoms with Crippen molar-refractivity contribution in [2.45, 2.75) is 6.10 Å². The first kappa shape index (κ1) is 14.3. The second-order valence-electron chi connectivity index (χ2n) is 4.65. The van der Waals surface area contributed by atoms with Gasteiger partial charge in [0, 0.05) is 19.3 Å². The number of anilines is 1. The second kappa shape index (κ2) is 6.39. The highest BCUT2D eigenvalue weighted by molar-refractivity contribution is 5.46. The number of benzene rings is 2. The molecule has 1 unspecified atom stereocenters. The molecular formula is C16H18FNO2. The maximum atomic E-state index is 13.2. The Hall–Kier alpha value is -2.07. The van der Waals surface area contributed by atoms with Crippen molar-refractivity contribution in [2.24, 2.45) is 0 Å². The zero-order valence-electron chi connectivity index (χ0n) is 11.6. The summed E-state index contributed by atoms with van der Waals surface area (Å²) in [5.74, 6) is 0.465. The van der Waals surface area contributed by atoms with Crippen LogP contribution in [0, 0.1) is 5.82 Å². The lowest BCUT2D eigenvalue weighted by Crippen LogP contribution is -2.24. The van der Waals surface area contributed by atoms with Gasteiger partial charge in [0.2, 0.25) is 0 Å². The molecule has 2 aromatic rings. The van der Waals surface area contributed by atoms with Crippen LogP contribution < -0.4 is 9.64 Å². The Morgan fingerprint density at radius 3 is 2.50 bits per heavy atom. The summed E-state index contributed by atoms with van der Waals surface area (Å²) in [6, 6.07) is 13.6. The molecule has 20 heavy (non-hydrogen) atoms. The Bertz CT molecular complexity index is 557. The van der Waals surface area contributed by atoms with Crippen LogP contribution in [0.25, 0.3) is 0 Å². The van der Waals surface area contributed by atoms with Crippen molar-refractivity contribution in [3.05, 3.63) is 59.9 Å². The van der Waals surface area contributed by atoms with Gasteiger partial charge in [-0.15, -0.1) is 0 Å². The van der Waals surface area contributed by atoms with Crippen molar-refractivity contribution < 1.29 is 14.2 Å². The number of halogens is 1. The zero-order chi connectivity index (χ0) is 14.5. The molecule has 0 spiro atoms. The summed E-state index contributed by atoms with van der Waals surface area (Å²) in [4.78, 5) is 1.82. The molecule has 0 aliphatic rings. The van der Waals surface area contributed by atoms with E-state index in [0.717, 1.165) is 17.0 Å². The van der Waals surface area contributed by atoms with Crippen molar-refractivity contribution in [3.63, 3.8) is 0 Å². The molecule has 2 aromatic carbocycles. The third-order valence-electron chi connectivity index (χ3n) is 3.20. The van der Waals surface area contributed by atoms with E-state index in [1.165, 1.54) is 12.1 Å². The van der Waals surface area contributed by atoms with E-state index in [-0.39, 0.29) is 5.82 Å². The molecule has 1 atom stereocenters.